The van der Waals surface area contributed by atoms with Crippen molar-refractivity contribution < 1.29 is 18.8 Å². The van der Waals surface area contributed by atoms with Gasteiger partial charge in [0.05, 0.1) is 11.2 Å². The standard InChI is InChI=1S/C19H28BN3O5/c1-12(16(25)26-17(2,3)4)22-11-21-23-10-13(9-14(23)15(22)24)20-27-18(5,6)19(7,8)28-20/h9-12H,1-8H3. The maximum absolute atomic E-state index is 12.9. The van der Waals surface area contributed by atoms with Crippen molar-refractivity contribution in [2.75, 3.05) is 0 Å². The first-order valence-electron chi connectivity index (χ1n) is 9.40. The maximum atomic E-state index is 12.9. The lowest BCUT2D eigenvalue weighted by Crippen LogP contribution is -2.41. The first-order valence-corrected chi connectivity index (χ1v) is 9.40. The molecule has 0 bridgehead atoms. The second-order valence-electron chi connectivity index (χ2n) is 9.24. The number of esters is 1. The van der Waals surface area contributed by atoms with Crippen molar-refractivity contribution in [1.29, 1.82) is 0 Å². The highest BCUT2D eigenvalue weighted by molar-refractivity contribution is 6.62. The van der Waals surface area contributed by atoms with E-state index < -0.39 is 35.9 Å². The van der Waals surface area contributed by atoms with Gasteiger partial charge >= 0.3 is 13.1 Å². The van der Waals surface area contributed by atoms with Crippen LogP contribution < -0.4 is 11.0 Å². The molecule has 28 heavy (non-hydrogen) atoms. The topological polar surface area (TPSA) is 84.1 Å². The highest BCUT2D eigenvalue weighted by Gasteiger charge is 2.52. The number of carbonyl (C=O) groups is 1. The summed E-state index contributed by atoms with van der Waals surface area (Å²) in [6.07, 6.45) is 3.05. The Kier molecular flexibility index (Phi) is 4.75. The highest BCUT2D eigenvalue weighted by atomic mass is 16.7. The van der Waals surface area contributed by atoms with Crippen LogP contribution in [0.1, 0.15) is 61.4 Å². The normalized spacial score (nSPS) is 19.8. The summed E-state index contributed by atoms with van der Waals surface area (Å²) in [4.78, 5) is 25.3. The van der Waals surface area contributed by atoms with E-state index in [9.17, 15) is 9.59 Å². The summed E-state index contributed by atoms with van der Waals surface area (Å²) in [7, 11) is -0.595. The fourth-order valence-electron chi connectivity index (χ4n) is 2.91. The largest absolute Gasteiger partial charge is 0.496 e. The molecule has 1 atom stereocenters. The Labute approximate surface area is 164 Å². The molecule has 1 aliphatic heterocycles. The molecule has 9 heteroatoms. The van der Waals surface area contributed by atoms with Crippen LogP contribution >= 0.6 is 0 Å². The van der Waals surface area contributed by atoms with Crippen molar-refractivity contribution in [2.45, 2.75) is 78.2 Å². The van der Waals surface area contributed by atoms with Crippen molar-refractivity contribution in [3.05, 3.63) is 28.9 Å². The summed E-state index contributed by atoms with van der Waals surface area (Å²) in [6.45, 7) is 14.8. The van der Waals surface area contributed by atoms with Gasteiger partial charge in [-0.25, -0.2) is 9.31 Å². The number of aromatic nitrogens is 3. The Balaban J connectivity index is 1.94. The summed E-state index contributed by atoms with van der Waals surface area (Å²) in [6, 6.07) is 0.898. The number of hydrogen-bond acceptors (Lipinski definition) is 6. The van der Waals surface area contributed by atoms with E-state index >= 15 is 0 Å². The lowest BCUT2D eigenvalue weighted by molar-refractivity contribution is -0.158. The molecule has 1 fully saturated rings. The van der Waals surface area contributed by atoms with E-state index in [1.807, 2.05) is 27.7 Å². The highest BCUT2D eigenvalue weighted by Crippen LogP contribution is 2.36. The van der Waals surface area contributed by atoms with Crippen LogP contribution in [0.2, 0.25) is 0 Å². The van der Waals surface area contributed by atoms with Gasteiger partial charge in [0.25, 0.3) is 5.56 Å². The quantitative estimate of drug-likeness (QED) is 0.587. The van der Waals surface area contributed by atoms with Crippen molar-refractivity contribution in [3.8, 4) is 0 Å². The van der Waals surface area contributed by atoms with Crippen LogP contribution in [0.4, 0.5) is 0 Å². The predicted octanol–water partition coefficient (Wildman–Crippen LogP) is 1.70. The maximum Gasteiger partial charge on any atom is 0.496 e. The summed E-state index contributed by atoms with van der Waals surface area (Å²) in [5.41, 5.74) is -0.898. The van der Waals surface area contributed by atoms with E-state index in [0.717, 1.165) is 0 Å². The van der Waals surface area contributed by atoms with Crippen LogP contribution in [-0.2, 0) is 18.8 Å². The van der Waals surface area contributed by atoms with Crippen LogP contribution in [0.25, 0.3) is 5.52 Å². The number of rotatable bonds is 3. The molecule has 0 N–H and O–H groups in total. The first-order chi connectivity index (χ1) is 12.7. The SMILES string of the molecule is CC(C(=O)OC(C)(C)C)n1cnn2cc(B3OC(C)(C)C(C)(C)O3)cc2c1=O. The number of nitrogens with zero attached hydrogens (tertiary/aromatic N) is 3. The predicted molar refractivity (Wildman–Crippen MR) is 106 cm³/mol. The Hall–Kier alpha value is -2.13. The van der Waals surface area contributed by atoms with Crippen molar-refractivity contribution in [3.63, 3.8) is 0 Å². The first kappa shape index (κ1) is 20.6. The zero-order valence-electron chi connectivity index (χ0n) is 17.8. The molecule has 152 valence electrons. The third-order valence-corrected chi connectivity index (χ3v) is 5.27. The molecule has 2 aromatic rings. The molecule has 1 unspecified atom stereocenters. The van der Waals surface area contributed by atoms with E-state index in [-0.39, 0.29) is 5.56 Å². The molecular formula is C19H28BN3O5. The number of hydrogen-bond donors (Lipinski definition) is 0. The Morgan fingerprint density at radius 3 is 2.32 bits per heavy atom. The van der Waals surface area contributed by atoms with Crippen molar-refractivity contribution in [2.24, 2.45) is 0 Å². The third kappa shape index (κ3) is 3.60. The van der Waals surface area contributed by atoms with E-state index in [1.54, 1.807) is 40.0 Å². The van der Waals surface area contributed by atoms with Gasteiger partial charge in [-0.3, -0.25) is 9.36 Å². The smallest absolute Gasteiger partial charge is 0.458 e. The average Bonchev–Trinajstić information content (AvgIpc) is 3.05. The van der Waals surface area contributed by atoms with Gasteiger partial charge in [0.1, 0.15) is 23.5 Å². The minimum atomic E-state index is -0.792. The number of carbonyl (C=O) groups excluding carboxylic acids is 1. The Morgan fingerprint density at radius 2 is 1.79 bits per heavy atom. The zero-order chi connectivity index (χ0) is 21.1. The van der Waals surface area contributed by atoms with Crippen LogP contribution in [-0.4, -0.2) is 44.1 Å². The lowest BCUT2D eigenvalue weighted by Gasteiger charge is -2.32. The van der Waals surface area contributed by atoms with Gasteiger partial charge in [0, 0.05) is 11.7 Å². The number of fused-ring (bicyclic) bond motifs is 1. The summed E-state index contributed by atoms with van der Waals surface area (Å²) < 4.78 is 20.2. The summed E-state index contributed by atoms with van der Waals surface area (Å²) in [5.74, 6) is -0.488. The van der Waals surface area contributed by atoms with Gasteiger partial charge < -0.3 is 14.0 Å². The van der Waals surface area contributed by atoms with Crippen molar-refractivity contribution in [1.82, 2.24) is 14.2 Å². The molecule has 8 nitrogen and oxygen atoms in total. The van der Waals surface area contributed by atoms with Gasteiger partial charge in [-0.15, -0.1) is 0 Å². The molecule has 0 saturated carbocycles. The molecule has 0 spiro atoms. The second kappa shape index (κ2) is 6.45. The van der Waals surface area contributed by atoms with Crippen LogP contribution in [0, 0.1) is 0 Å². The number of ether oxygens (including phenoxy) is 1. The molecule has 1 aliphatic rings. The van der Waals surface area contributed by atoms with Gasteiger partial charge in [0.15, 0.2) is 0 Å². The molecule has 0 aromatic carbocycles. The second-order valence-corrected chi connectivity index (χ2v) is 9.24. The minimum absolute atomic E-state index is 0.336. The van der Waals surface area contributed by atoms with E-state index in [0.29, 0.717) is 11.0 Å². The molecule has 0 amide bonds. The van der Waals surface area contributed by atoms with E-state index in [1.165, 1.54) is 15.4 Å². The Morgan fingerprint density at radius 1 is 1.21 bits per heavy atom. The van der Waals surface area contributed by atoms with Gasteiger partial charge in [-0.1, -0.05) is 0 Å². The fraction of sp³-hybridized carbons (Fsp3) is 0.632. The molecule has 1 saturated heterocycles. The monoisotopic (exact) mass is 389 g/mol. The van der Waals surface area contributed by atoms with Gasteiger partial charge in [-0.05, 0) is 61.5 Å². The molecule has 3 rings (SSSR count). The third-order valence-electron chi connectivity index (χ3n) is 5.27. The van der Waals surface area contributed by atoms with Gasteiger partial charge in [-0.2, -0.15) is 5.10 Å². The van der Waals surface area contributed by atoms with Crippen LogP contribution in [0.5, 0.6) is 0 Å². The molecule has 2 aromatic heterocycles. The lowest BCUT2D eigenvalue weighted by atomic mass is 9.81. The zero-order valence-corrected chi connectivity index (χ0v) is 17.8. The molecular weight excluding hydrogens is 361 g/mol. The van der Waals surface area contributed by atoms with Crippen molar-refractivity contribution >= 4 is 24.1 Å². The molecule has 0 radical (unpaired) electrons. The van der Waals surface area contributed by atoms with Gasteiger partial charge in [0.2, 0.25) is 0 Å². The summed E-state index contributed by atoms with van der Waals surface area (Å²) in [5, 5.41) is 4.27. The fourth-order valence-corrected chi connectivity index (χ4v) is 2.91. The molecule has 3 heterocycles. The van der Waals surface area contributed by atoms with E-state index in [2.05, 4.69) is 5.10 Å². The van der Waals surface area contributed by atoms with Crippen LogP contribution in [0.15, 0.2) is 23.4 Å². The Bertz CT molecular complexity index is 954. The average molecular weight is 389 g/mol. The van der Waals surface area contributed by atoms with E-state index in [4.69, 9.17) is 14.0 Å². The van der Waals surface area contributed by atoms with Crippen LogP contribution in [0.3, 0.4) is 0 Å². The summed E-state index contributed by atoms with van der Waals surface area (Å²) >= 11 is 0. The minimum Gasteiger partial charge on any atom is -0.458 e. The molecule has 0 aliphatic carbocycles.